The fourth-order valence-corrected chi connectivity index (χ4v) is 7.79. The fourth-order valence-electron chi connectivity index (χ4n) is 6.55. The van der Waals surface area contributed by atoms with Crippen LogP contribution in [-0.4, -0.2) is 94.2 Å². The quantitative estimate of drug-likeness (QED) is 0.243. The number of thioether (sulfide) groups is 1. The third kappa shape index (κ3) is 8.00. The summed E-state index contributed by atoms with van der Waals surface area (Å²) < 4.78 is 10.1. The van der Waals surface area contributed by atoms with Crippen molar-refractivity contribution in [2.45, 2.75) is 62.0 Å². The van der Waals surface area contributed by atoms with Gasteiger partial charge in [0.2, 0.25) is 11.8 Å². The number of nitrogens with two attached hydrogens (primary N) is 1. The number of amides is 4. The van der Waals surface area contributed by atoms with Crippen LogP contribution in [0.3, 0.4) is 0 Å². The number of urea groups is 1. The van der Waals surface area contributed by atoms with Crippen molar-refractivity contribution in [2.24, 2.45) is 5.73 Å². The van der Waals surface area contributed by atoms with E-state index in [2.05, 4.69) is 15.4 Å². The van der Waals surface area contributed by atoms with Crippen molar-refractivity contribution >= 4 is 64.5 Å². The minimum Gasteiger partial charge on any atom is -0.482 e. The fraction of sp³-hybridized carbons (Fsp3) is 0.371. The maximum absolute atomic E-state index is 14.4. The van der Waals surface area contributed by atoms with Gasteiger partial charge in [-0.25, -0.2) is 9.59 Å². The van der Waals surface area contributed by atoms with Crippen LogP contribution in [0.4, 0.5) is 10.5 Å². The molecule has 3 aliphatic rings. The number of carbonyl (C=O) groups is 4. The largest absolute Gasteiger partial charge is 0.482 e. The first-order chi connectivity index (χ1) is 24.4. The molecule has 270 valence electrons. The third-order valence-electron chi connectivity index (χ3n) is 8.92. The summed E-state index contributed by atoms with van der Waals surface area (Å²) in [5, 5.41) is 10.4. The van der Waals surface area contributed by atoms with Gasteiger partial charge in [-0.1, -0.05) is 65.3 Å². The molecule has 0 aromatic heterocycles. The molecule has 3 heterocycles. The molecule has 0 aliphatic carbocycles. The van der Waals surface area contributed by atoms with E-state index in [1.165, 1.54) is 18.9 Å². The first-order valence-corrected chi connectivity index (χ1v) is 18.0. The molecular weight excluding hydrogens is 717 g/mol. The van der Waals surface area contributed by atoms with Gasteiger partial charge in [0, 0.05) is 30.4 Å². The summed E-state index contributed by atoms with van der Waals surface area (Å²) in [7, 11) is 1.29. The molecule has 2 saturated heterocycles. The summed E-state index contributed by atoms with van der Waals surface area (Å²) in [6, 6.07) is 16.5. The molecule has 3 aromatic carbocycles. The van der Waals surface area contributed by atoms with Gasteiger partial charge in [-0.3, -0.25) is 14.6 Å². The lowest BCUT2D eigenvalue weighted by atomic mass is 9.99. The van der Waals surface area contributed by atoms with Gasteiger partial charge in [-0.2, -0.15) is 5.01 Å². The number of fused-ring (bicyclic) bond motifs is 2. The number of benzene rings is 3. The predicted octanol–water partition coefficient (Wildman–Crippen LogP) is 4.26. The molecule has 0 bridgehead atoms. The van der Waals surface area contributed by atoms with Crippen LogP contribution in [0, 0.1) is 0 Å². The second-order valence-electron chi connectivity index (χ2n) is 12.6. The summed E-state index contributed by atoms with van der Waals surface area (Å²) in [5.74, 6) is -0.514. The minimum atomic E-state index is -0.849. The Morgan fingerprint density at radius 2 is 1.82 bits per heavy atom. The van der Waals surface area contributed by atoms with Gasteiger partial charge in [-0.05, 0) is 60.9 Å². The molecule has 4 amide bonds. The highest BCUT2D eigenvalue weighted by molar-refractivity contribution is 8.00. The monoisotopic (exact) mass is 755 g/mol. The van der Waals surface area contributed by atoms with Crippen LogP contribution >= 0.6 is 35.0 Å². The maximum Gasteiger partial charge on any atom is 0.343 e. The zero-order valence-electron chi connectivity index (χ0n) is 28.3. The number of esters is 1. The summed E-state index contributed by atoms with van der Waals surface area (Å²) in [5.41, 5.74) is 9.21. The van der Waals surface area contributed by atoms with Crippen molar-refractivity contribution < 1.29 is 28.7 Å². The number of nitrogens with zero attached hydrogens (tertiary/aromatic N) is 4. The molecule has 3 atom stereocenters. The highest BCUT2D eigenvalue weighted by Crippen LogP contribution is 2.40. The highest BCUT2D eigenvalue weighted by atomic mass is 35.5. The van der Waals surface area contributed by atoms with Crippen molar-refractivity contribution in [1.82, 2.24) is 25.1 Å². The standard InChI is InChI=1S/C35H39Cl2N7O6S/c1-20(2)44(35(48)39-15-22-9-12-25(36)26(37)13-22)42-18-30(45)43-27(14-21-7-10-24(11-8-21)50-19-31(46)49-3)33(47)41(17-29(42)43)16-23-5-4-6-28-32(23)40-34(38)51-28/h4-13,20,27,29,34,40H,14-19,38H2,1-3H3,(H,39,48)/t27-,29+,34?/m0/s1. The lowest BCUT2D eigenvalue weighted by Crippen LogP contribution is -2.66. The average molecular weight is 757 g/mol. The summed E-state index contributed by atoms with van der Waals surface area (Å²) in [4.78, 5) is 58.0. The lowest BCUT2D eigenvalue weighted by molar-refractivity contribution is -0.158. The molecule has 51 heavy (non-hydrogen) atoms. The van der Waals surface area contributed by atoms with Gasteiger partial charge in [0.15, 0.2) is 6.61 Å². The van der Waals surface area contributed by atoms with Gasteiger partial charge in [0.25, 0.3) is 0 Å². The summed E-state index contributed by atoms with van der Waals surface area (Å²) >= 11 is 13.8. The van der Waals surface area contributed by atoms with E-state index in [-0.39, 0.29) is 62.6 Å². The minimum absolute atomic E-state index is 0.0885. The SMILES string of the molecule is COC(=O)COc1ccc(C[C@H]2C(=O)N(Cc3cccc4c3NC(N)S4)C[C@H]3N2C(=O)CN3N(C(=O)NCc2ccc(Cl)c(Cl)c2)C(C)C)cc1. The van der Waals surface area contributed by atoms with Crippen LogP contribution in [0.15, 0.2) is 65.6 Å². The summed E-state index contributed by atoms with van der Waals surface area (Å²) in [6.45, 7) is 4.06. The van der Waals surface area contributed by atoms with Crippen LogP contribution in [0.1, 0.15) is 30.5 Å². The molecular formula is C35H39Cl2N7O6S. The number of halogens is 2. The number of carbonyl (C=O) groups excluding carboxylic acids is 4. The Kier molecular flexibility index (Phi) is 11.2. The molecule has 2 fully saturated rings. The average Bonchev–Trinajstić information content (AvgIpc) is 3.65. The molecule has 0 spiro atoms. The molecule has 6 rings (SSSR count). The van der Waals surface area contributed by atoms with Crippen molar-refractivity contribution in [3.63, 3.8) is 0 Å². The van der Waals surface area contributed by atoms with Gasteiger partial charge in [-0.15, -0.1) is 0 Å². The van der Waals surface area contributed by atoms with Gasteiger partial charge in [0.05, 0.1) is 35.9 Å². The molecule has 13 nitrogen and oxygen atoms in total. The number of anilines is 1. The maximum atomic E-state index is 14.4. The number of hydrogen-bond acceptors (Lipinski definition) is 10. The van der Waals surface area contributed by atoms with Crippen molar-refractivity contribution in [3.05, 3.63) is 87.4 Å². The van der Waals surface area contributed by atoms with Crippen LogP contribution in [-0.2, 0) is 38.6 Å². The van der Waals surface area contributed by atoms with Gasteiger partial charge in [0.1, 0.15) is 23.5 Å². The normalized spacial score (nSPS) is 19.9. The number of methoxy groups -OCH3 is 1. The van der Waals surface area contributed by atoms with E-state index in [0.29, 0.717) is 15.8 Å². The van der Waals surface area contributed by atoms with E-state index < -0.39 is 24.2 Å². The Morgan fingerprint density at radius 1 is 1.08 bits per heavy atom. The molecule has 3 aliphatic heterocycles. The number of rotatable bonds is 11. The number of nitrogens with one attached hydrogen (secondary N) is 2. The second-order valence-corrected chi connectivity index (χ2v) is 14.6. The highest BCUT2D eigenvalue weighted by Gasteiger charge is 2.52. The van der Waals surface area contributed by atoms with Crippen molar-refractivity contribution in [2.75, 3.05) is 32.1 Å². The molecule has 16 heteroatoms. The van der Waals surface area contributed by atoms with Crippen LogP contribution in [0.5, 0.6) is 5.75 Å². The van der Waals surface area contributed by atoms with E-state index in [1.807, 2.05) is 32.0 Å². The van der Waals surface area contributed by atoms with Crippen molar-refractivity contribution in [1.29, 1.82) is 0 Å². The number of hydrogen-bond donors (Lipinski definition) is 3. The second kappa shape index (κ2) is 15.6. The smallest absolute Gasteiger partial charge is 0.343 e. The Hall–Kier alpha value is -4.21. The Labute approximate surface area is 310 Å². The van der Waals surface area contributed by atoms with E-state index in [0.717, 1.165) is 27.3 Å². The molecule has 0 radical (unpaired) electrons. The van der Waals surface area contributed by atoms with Crippen molar-refractivity contribution in [3.8, 4) is 5.75 Å². The Morgan fingerprint density at radius 3 is 2.53 bits per heavy atom. The first-order valence-electron chi connectivity index (χ1n) is 16.4. The van der Waals surface area contributed by atoms with Crippen LogP contribution in [0.2, 0.25) is 10.0 Å². The molecule has 1 unspecified atom stereocenters. The van der Waals surface area contributed by atoms with Gasteiger partial charge < -0.3 is 35.6 Å². The topological polar surface area (TPSA) is 150 Å². The molecule has 4 N–H and O–H groups in total. The number of ether oxygens (including phenoxy) is 2. The number of hydrazine groups is 1. The lowest BCUT2D eigenvalue weighted by Gasteiger charge is -2.47. The third-order valence-corrected chi connectivity index (χ3v) is 10.6. The van der Waals surface area contributed by atoms with E-state index in [9.17, 15) is 19.2 Å². The number of piperazine rings is 1. The Bertz CT molecular complexity index is 1820. The Balaban J connectivity index is 1.28. The zero-order chi connectivity index (χ0) is 36.4. The molecule has 0 saturated carbocycles. The van der Waals surface area contributed by atoms with E-state index in [4.69, 9.17) is 33.7 Å². The van der Waals surface area contributed by atoms with Crippen LogP contribution < -0.4 is 21.1 Å². The molecule has 3 aromatic rings. The predicted molar refractivity (Wildman–Crippen MR) is 194 cm³/mol. The van der Waals surface area contributed by atoms with E-state index in [1.54, 1.807) is 62.3 Å². The number of para-hydroxylation sites is 1. The first kappa shape index (κ1) is 36.6. The van der Waals surface area contributed by atoms with E-state index >= 15 is 0 Å². The van der Waals surface area contributed by atoms with Gasteiger partial charge >= 0.3 is 12.0 Å². The van der Waals surface area contributed by atoms with Crippen LogP contribution in [0.25, 0.3) is 0 Å². The zero-order valence-corrected chi connectivity index (χ0v) is 30.6. The summed E-state index contributed by atoms with van der Waals surface area (Å²) in [6.07, 6.45) is -0.401.